The molecular weight excluding hydrogens is 352 g/mol. The first kappa shape index (κ1) is 18.6. The number of hydrogen-bond acceptors (Lipinski definition) is 5. The van der Waals surface area contributed by atoms with E-state index in [2.05, 4.69) is 5.32 Å². The Labute approximate surface area is 146 Å². The summed E-state index contributed by atoms with van der Waals surface area (Å²) in [5.74, 6) is 0. The lowest BCUT2D eigenvalue weighted by Crippen LogP contribution is -2.53. The van der Waals surface area contributed by atoms with Gasteiger partial charge in [0, 0.05) is 44.9 Å². The van der Waals surface area contributed by atoms with Crippen molar-refractivity contribution in [2.24, 2.45) is 0 Å². The number of piperazine rings is 1. The van der Waals surface area contributed by atoms with Crippen LogP contribution in [0.5, 0.6) is 0 Å². The van der Waals surface area contributed by atoms with E-state index in [0.717, 1.165) is 13.0 Å². The number of benzene rings is 1. The number of nitrogens with zero attached hydrogens (tertiary/aromatic N) is 3. The molecule has 1 aliphatic heterocycles. The molecule has 0 aromatic heterocycles. The summed E-state index contributed by atoms with van der Waals surface area (Å²) >= 11 is 5.29. The molecule has 2 rings (SSSR count). The molecule has 0 amide bonds. The molecular formula is C14H20N4O4S2. The number of sulfonamides is 1. The van der Waals surface area contributed by atoms with E-state index in [-0.39, 0.29) is 10.6 Å². The SMILES string of the molecule is CCCNC(=S)N1CCN(S(=O)(=O)c2ccc([N+](=O)[O-])cc2)CC1. The topological polar surface area (TPSA) is 95.8 Å². The Morgan fingerprint density at radius 3 is 2.33 bits per heavy atom. The molecule has 0 unspecified atom stereocenters. The van der Waals surface area contributed by atoms with Crippen LogP contribution in [0.25, 0.3) is 0 Å². The largest absolute Gasteiger partial charge is 0.363 e. The molecule has 0 atom stereocenters. The normalized spacial score (nSPS) is 16.0. The zero-order valence-corrected chi connectivity index (χ0v) is 15.0. The number of rotatable bonds is 5. The minimum absolute atomic E-state index is 0.0632. The summed E-state index contributed by atoms with van der Waals surface area (Å²) in [5.41, 5.74) is -0.133. The van der Waals surface area contributed by atoms with Gasteiger partial charge < -0.3 is 10.2 Å². The van der Waals surface area contributed by atoms with Gasteiger partial charge in [0.2, 0.25) is 10.0 Å². The Kier molecular flexibility index (Phi) is 6.08. The van der Waals surface area contributed by atoms with Crippen LogP contribution >= 0.6 is 12.2 Å². The second-order valence-electron chi connectivity index (χ2n) is 5.37. The zero-order valence-electron chi connectivity index (χ0n) is 13.3. The van der Waals surface area contributed by atoms with E-state index in [1.54, 1.807) is 0 Å². The fraction of sp³-hybridized carbons (Fsp3) is 0.500. The van der Waals surface area contributed by atoms with Crippen LogP contribution in [0.4, 0.5) is 5.69 Å². The molecule has 0 aliphatic carbocycles. The van der Waals surface area contributed by atoms with Crippen molar-refractivity contribution in [2.75, 3.05) is 32.7 Å². The van der Waals surface area contributed by atoms with Gasteiger partial charge in [-0.3, -0.25) is 10.1 Å². The number of nitro groups is 1. The molecule has 1 aromatic carbocycles. The summed E-state index contributed by atoms with van der Waals surface area (Å²) in [6.45, 7) is 4.52. The maximum absolute atomic E-state index is 12.6. The summed E-state index contributed by atoms with van der Waals surface area (Å²) in [5, 5.41) is 14.4. The molecule has 132 valence electrons. The van der Waals surface area contributed by atoms with Crippen molar-refractivity contribution in [3.8, 4) is 0 Å². The number of nitro benzene ring substituents is 1. The Morgan fingerprint density at radius 2 is 1.83 bits per heavy atom. The van der Waals surface area contributed by atoms with Crippen molar-refractivity contribution in [1.29, 1.82) is 0 Å². The minimum atomic E-state index is -3.65. The fourth-order valence-corrected chi connectivity index (χ4v) is 4.07. The van der Waals surface area contributed by atoms with Crippen molar-refractivity contribution in [1.82, 2.24) is 14.5 Å². The fourth-order valence-electron chi connectivity index (χ4n) is 2.36. The Bertz CT molecular complexity index is 698. The van der Waals surface area contributed by atoms with E-state index in [9.17, 15) is 18.5 Å². The molecule has 1 aliphatic rings. The highest BCUT2D eigenvalue weighted by Crippen LogP contribution is 2.20. The first-order valence-corrected chi connectivity index (χ1v) is 9.48. The van der Waals surface area contributed by atoms with E-state index in [1.165, 1.54) is 28.6 Å². The third-order valence-corrected chi connectivity index (χ3v) is 6.05. The second kappa shape index (κ2) is 7.86. The van der Waals surface area contributed by atoms with Gasteiger partial charge >= 0.3 is 0 Å². The van der Waals surface area contributed by atoms with Gasteiger partial charge in [-0.15, -0.1) is 0 Å². The smallest absolute Gasteiger partial charge is 0.269 e. The van der Waals surface area contributed by atoms with Crippen LogP contribution in [-0.2, 0) is 10.0 Å². The van der Waals surface area contributed by atoms with Crippen molar-refractivity contribution in [3.63, 3.8) is 0 Å². The Balaban J connectivity index is 2.02. The minimum Gasteiger partial charge on any atom is -0.363 e. The molecule has 8 nitrogen and oxygen atoms in total. The van der Waals surface area contributed by atoms with Crippen LogP contribution in [0.3, 0.4) is 0 Å². The molecule has 1 fully saturated rings. The molecule has 0 bridgehead atoms. The van der Waals surface area contributed by atoms with Crippen molar-refractivity contribution < 1.29 is 13.3 Å². The average Bonchev–Trinajstić information content (AvgIpc) is 2.59. The van der Waals surface area contributed by atoms with Crippen molar-refractivity contribution in [2.45, 2.75) is 18.2 Å². The molecule has 0 radical (unpaired) electrons. The number of non-ortho nitro benzene ring substituents is 1. The van der Waals surface area contributed by atoms with Gasteiger partial charge in [0.05, 0.1) is 9.82 Å². The summed E-state index contributed by atoms with van der Waals surface area (Å²) in [6.07, 6.45) is 0.967. The molecule has 1 N–H and O–H groups in total. The summed E-state index contributed by atoms with van der Waals surface area (Å²) in [4.78, 5) is 12.1. The third kappa shape index (κ3) is 4.19. The van der Waals surface area contributed by atoms with Gasteiger partial charge in [-0.1, -0.05) is 6.92 Å². The molecule has 0 saturated carbocycles. The van der Waals surface area contributed by atoms with Crippen LogP contribution < -0.4 is 5.32 Å². The lowest BCUT2D eigenvalue weighted by molar-refractivity contribution is -0.384. The van der Waals surface area contributed by atoms with Crippen LogP contribution in [0, 0.1) is 10.1 Å². The lowest BCUT2D eigenvalue weighted by Gasteiger charge is -2.35. The summed E-state index contributed by atoms with van der Waals surface area (Å²) < 4.78 is 26.6. The highest BCUT2D eigenvalue weighted by Gasteiger charge is 2.29. The first-order chi connectivity index (χ1) is 11.4. The predicted octanol–water partition coefficient (Wildman–Crippen LogP) is 1.19. The quantitative estimate of drug-likeness (QED) is 0.471. The summed E-state index contributed by atoms with van der Waals surface area (Å²) in [7, 11) is -3.65. The van der Waals surface area contributed by atoms with Crippen LogP contribution in [-0.4, -0.2) is 60.4 Å². The van der Waals surface area contributed by atoms with E-state index in [4.69, 9.17) is 12.2 Å². The van der Waals surface area contributed by atoms with Crippen LogP contribution in [0.1, 0.15) is 13.3 Å². The average molecular weight is 372 g/mol. The van der Waals surface area contributed by atoms with Crippen LogP contribution in [0.2, 0.25) is 0 Å². The Morgan fingerprint density at radius 1 is 1.25 bits per heavy atom. The lowest BCUT2D eigenvalue weighted by atomic mass is 10.3. The van der Waals surface area contributed by atoms with Gasteiger partial charge in [0.1, 0.15) is 0 Å². The second-order valence-corrected chi connectivity index (χ2v) is 7.70. The highest BCUT2D eigenvalue weighted by atomic mass is 32.2. The van der Waals surface area contributed by atoms with Gasteiger partial charge in [-0.2, -0.15) is 4.31 Å². The number of hydrogen-bond donors (Lipinski definition) is 1. The number of thiocarbonyl (C=S) groups is 1. The van der Waals surface area contributed by atoms with E-state index in [0.29, 0.717) is 31.3 Å². The third-order valence-electron chi connectivity index (χ3n) is 3.74. The predicted molar refractivity (Wildman–Crippen MR) is 94.3 cm³/mol. The van der Waals surface area contributed by atoms with Crippen LogP contribution in [0.15, 0.2) is 29.2 Å². The van der Waals surface area contributed by atoms with E-state index < -0.39 is 14.9 Å². The molecule has 10 heteroatoms. The zero-order chi connectivity index (χ0) is 17.7. The maximum Gasteiger partial charge on any atom is 0.269 e. The first-order valence-electron chi connectivity index (χ1n) is 7.63. The standard InChI is InChI=1S/C14H20N4O4S2/c1-2-7-15-14(23)16-8-10-17(11-9-16)24(21,22)13-5-3-12(4-6-13)18(19)20/h3-6H,2,7-11H2,1H3,(H,15,23). The molecule has 1 saturated heterocycles. The Hall–Kier alpha value is -1.78. The van der Waals surface area contributed by atoms with Gasteiger partial charge in [-0.25, -0.2) is 8.42 Å². The summed E-state index contributed by atoms with van der Waals surface area (Å²) in [6, 6.07) is 4.94. The van der Waals surface area contributed by atoms with Crippen molar-refractivity contribution in [3.05, 3.63) is 34.4 Å². The van der Waals surface area contributed by atoms with E-state index in [1.807, 2.05) is 11.8 Å². The molecule has 1 aromatic rings. The van der Waals surface area contributed by atoms with Crippen molar-refractivity contribution >= 4 is 33.0 Å². The number of nitrogens with one attached hydrogen (secondary N) is 1. The molecule has 24 heavy (non-hydrogen) atoms. The van der Waals surface area contributed by atoms with Gasteiger partial charge in [-0.05, 0) is 30.8 Å². The van der Waals surface area contributed by atoms with E-state index >= 15 is 0 Å². The maximum atomic E-state index is 12.6. The van der Waals surface area contributed by atoms with Gasteiger partial charge in [0.25, 0.3) is 5.69 Å². The monoisotopic (exact) mass is 372 g/mol. The molecule has 0 spiro atoms. The van der Waals surface area contributed by atoms with Gasteiger partial charge in [0.15, 0.2) is 5.11 Å². The highest BCUT2D eigenvalue weighted by molar-refractivity contribution is 7.89. The molecule has 1 heterocycles.